The molecule has 3 unspecified atom stereocenters. The zero-order valence-corrected chi connectivity index (χ0v) is 6.77. The molecule has 1 nitrogen and oxygen atoms in total. The summed E-state index contributed by atoms with van der Waals surface area (Å²) in [4.78, 5) is 10.5. The van der Waals surface area contributed by atoms with Crippen LogP contribution in [0.5, 0.6) is 0 Å². The lowest BCUT2D eigenvalue weighted by atomic mass is 10.0. The van der Waals surface area contributed by atoms with Crippen LogP contribution >= 0.6 is 11.8 Å². The number of fused-ring (bicyclic) bond motifs is 2. The summed E-state index contributed by atoms with van der Waals surface area (Å²) in [5.74, 6) is 0.392. The first-order valence-corrected chi connectivity index (χ1v) is 4.95. The third-order valence-electron chi connectivity index (χ3n) is 2.61. The lowest BCUT2D eigenvalue weighted by molar-refractivity contribution is -0.111. The summed E-state index contributed by atoms with van der Waals surface area (Å²) in [6.07, 6.45) is 6.26. The summed E-state index contributed by atoms with van der Waals surface area (Å²) in [6, 6.07) is 0. The van der Waals surface area contributed by atoms with Gasteiger partial charge in [-0.05, 0) is 25.7 Å². The van der Waals surface area contributed by atoms with Crippen molar-refractivity contribution in [1.29, 1.82) is 0 Å². The Balaban J connectivity index is 2.06. The van der Waals surface area contributed by atoms with Gasteiger partial charge >= 0.3 is 0 Å². The number of hydrogen-bond acceptors (Lipinski definition) is 2. The maximum Gasteiger partial charge on any atom is 0.124 e. The summed E-state index contributed by atoms with van der Waals surface area (Å²) < 4.78 is 0. The smallest absolute Gasteiger partial charge is 0.124 e. The van der Waals surface area contributed by atoms with Gasteiger partial charge in [-0.1, -0.05) is 0 Å². The minimum absolute atomic E-state index is 0.392. The topological polar surface area (TPSA) is 17.1 Å². The molecule has 0 aromatic heterocycles. The normalized spacial score (nSPS) is 45.4. The van der Waals surface area contributed by atoms with E-state index in [1.165, 1.54) is 25.5 Å². The van der Waals surface area contributed by atoms with Gasteiger partial charge in [-0.2, -0.15) is 11.8 Å². The molecule has 2 aliphatic rings. The Morgan fingerprint density at radius 2 is 2.00 bits per heavy atom. The van der Waals surface area contributed by atoms with Crippen molar-refractivity contribution in [3.63, 3.8) is 0 Å². The molecular weight excluding hydrogens is 144 g/mol. The molecule has 0 aliphatic carbocycles. The first kappa shape index (κ1) is 6.71. The van der Waals surface area contributed by atoms with Crippen LogP contribution < -0.4 is 0 Å². The van der Waals surface area contributed by atoms with Gasteiger partial charge < -0.3 is 4.79 Å². The van der Waals surface area contributed by atoms with Crippen molar-refractivity contribution in [3.05, 3.63) is 0 Å². The van der Waals surface area contributed by atoms with Gasteiger partial charge in [0.2, 0.25) is 0 Å². The molecule has 10 heavy (non-hydrogen) atoms. The van der Waals surface area contributed by atoms with E-state index in [9.17, 15) is 4.79 Å². The Kier molecular flexibility index (Phi) is 1.73. The Morgan fingerprint density at radius 3 is 2.80 bits per heavy atom. The molecule has 2 bridgehead atoms. The van der Waals surface area contributed by atoms with E-state index in [1.807, 2.05) is 0 Å². The minimum atomic E-state index is 0.392. The quantitative estimate of drug-likeness (QED) is 0.539. The summed E-state index contributed by atoms with van der Waals surface area (Å²) in [5.41, 5.74) is 0. The number of carbonyl (C=O) groups excluding carboxylic acids is 1. The van der Waals surface area contributed by atoms with E-state index in [4.69, 9.17) is 0 Å². The van der Waals surface area contributed by atoms with Gasteiger partial charge in [0.25, 0.3) is 0 Å². The van der Waals surface area contributed by atoms with Gasteiger partial charge in [0.1, 0.15) is 6.29 Å². The van der Waals surface area contributed by atoms with Gasteiger partial charge in [0, 0.05) is 16.4 Å². The van der Waals surface area contributed by atoms with Crippen LogP contribution in [0, 0.1) is 5.92 Å². The number of carbonyl (C=O) groups is 1. The third kappa shape index (κ3) is 0.986. The van der Waals surface area contributed by atoms with E-state index in [1.54, 1.807) is 0 Å². The summed E-state index contributed by atoms with van der Waals surface area (Å²) in [5, 5.41) is 1.59. The Hall–Kier alpha value is 0.0200. The van der Waals surface area contributed by atoms with Crippen LogP contribution in [0.1, 0.15) is 25.7 Å². The molecule has 2 saturated heterocycles. The fourth-order valence-corrected chi connectivity index (χ4v) is 3.69. The second-order valence-electron chi connectivity index (χ2n) is 3.25. The average Bonchev–Trinajstić information content (AvgIpc) is 2.34. The fourth-order valence-electron chi connectivity index (χ4n) is 1.98. The van der Waals surface area contributed by atoms with Gasteiger partial charge in [0.15, 0.2) is 0 Å². The molecule has 2 aliphatic heterocycles. The zero-order chi connectivity index (χ0) is 6.97. The molecule has 2 heterocycles. The highest BCUT2D eigenvalue weighted by molar-refractivity contribution is 8.00. The first-order chi connectivity index (χ1) is 4.90. The summed E-state index contributed by atoms with van der Waals surface area (Å²) in [7, 11) is 0. The second-order valence-corrected chi connectivity index (χ2v) is 4.80. The molecule has 0 aromatic rings. The van der Waals surface area contributed by atoms with E-state index in [0.717, 1.165) is 11.7 Å². The molecule has 0 aromatic carbocycles. The van der Waals surface area contributed by atoms with E-state index in [-0.39, 0.29) is 0 Å². The molecule has 2 heteroatoms. The fraction of sp³-hybridized carbons (Fsp3) is 0.875. The summed E-state index contributed by atoms with van der Waals surface area (Å²) in [6.45, 7) is 0. The second kappa shape index (κ2) is 2.57. The van der Waals surface area contributed by atoms with Crippen LogP contribution in [-0.2, 0) is 4.79 Å². The monoisotopic (exact) mass is 156 g/mol. The lowest BCUT2D eigenvalue weighted by Crippen LogP contribution is -2.20. The predicted molar refractivity (Wildman–Crippen MR) is 43.2 cm³/mol. The molecule has 0 saturated carbocycles. The molecule has 3 atom stereocenters. The van der Waals surface area contributed by atoms with Crippen LogP contribution in [0.3, 0.4) is 0 Å². The molecule has 2 fully saturated rings. The van der Waals surface area contributed by atoms with Crippen molar-refractivity contribution in [3.8, 4) is 0 Å². The lowest BCUT2D eigenvalue weighted by Gasteiger charge is -2.23. The van der Waals surface area contributed by atoms with Crippen molar-refractivity contribution in [1.82, 2.24) is 0 Å². The standard InChI is InChI=1S/C8H12OS/c9-5-6-1-2-7-3-4-8(6)10-7/h5-8H,1-4H2. The van der Waals surface area contributed by atoms with Gasteiger partial charge in [-0.25, -0.2) is 0 Å². The third-order valence-corrected chi connectivity index (χ3v) is 4.41. The van der Waals surface area contributed by atoms with Crippen molar-refractivity contribution >= 4 is 18.0 Å². The van der Waals surface area contributed by atoms with Crippen molar-refractivity contribution in [2.75, 3.05) is 0 Å². The molecule has 0 amide bonds. The molecule has 0 N–H and O–H groups in total. The Bertz CT molecular complexity index is 146. The van der Waals surface area contributed by atoms with Gasteiger partial charge in [0.05, 0.1) is 0 Å². The van der Waals surface area contributed by atoms with E-state index < -0.39 is 0 Å². The average molecular weight is 156 g/mol. The van der Waals surface area contributed by atoms with Crippen LogP contribution in [0.2, 0.25) is 0 Å². The van der Waals surface area contributed by atoms with E-state index in [0.29, 0.717) is 11.2 Å². The predicted octanol–water partition coefficient (Wildman–Crippen LogP) is 1.86. The maximum atomic E-state index is 10.5. The van der Waals surface area contributed by atoms with Crippen LogP contribution in [-0.4, -0.2) is 16.8 Å². The van der Waals surface area contributed by atoms with E-state index in [2.05, 4.69) is 11.8 Å². The van der Waals surface area contributed by atoms with Crippen molar-refractivity contribution in [2.45, 2.75) is 36.2 Å². The highest BCUT2D eigenvalue weighted by Gasteiger charge is 2.35. The maximum absolute atomic E-state index is 10.5. The largest absolute Gasteiger partial charge is 0.303 e. The summed E-state index contributed by atoms with van der Waals surface area (Å²) >= 11 is 2.05. The highest BCUT2D eigenvalue weighted by atomic mass is 32.2. The molecule has 2 rings (SSSR count). The van der Waals surface area contributed by atoms with E-state index >= 15 is 0 Å². The van der Waals surface area contributed by atoms with Gasteiger partial charge in [-0.3, -0.25) is 0 Å². The first-order valence-electron chi connectivity index (χ1n) is 4.01. The Labute approximate surface area is 65.6 Å². The van der Waals surface area contributed by atoms with Crippen LogP contribution in [0.25, 0.3) is 0 Å². The van der Waals surface area contributed by atoms with Gasteiger partial charge in [-0.15, -0.1) is 0 Å². The van der Waals surface area contributed by atoms with Crippen molar-refractivity contribution in [2.24, 2.45) is 5.92 Å². The molecule has 0 spiro atoms. The number of aldehydes is 1. The number of rotatable bonds is 1. The molecule has 56 valence electrons. The molecular formula is C8H12OS. The zero-order valence-electron chi connectivity index (χ0n) is 5.95. The Morgan fingerprint density at radius 1 is 1.20 bits per heavy atom. The number of hydrogen-bond donors (Lipinski definition) is 0. The van der Waals surface area contributed by atoms with Crippen LogP contribution in [0.15, 0.2) is 0 Å². The number of thioether (sulfide) groups is 1. The SMILES string of the molecule is O=CC1CCC2CCC1S2. The van der Waals surface area contributed by atoms with Crippen molar-refractivity contribution < 1.29 is 4.79 Å². The molecule has 0 radical (unpaired) electrons. The minimum Gasteiger partial charge on any atom is -0.303 e. The van der Waals surface area contributed by atoms with Crippen LogP contribution in [0.4, 0.5) is 0 Å². The highest BCUT2D eigenvalue weighted by Crippen LogP contribution is 2.45.